The average Bonchev–Trinajstić information content (AvgIpc) is 2.88. The van der Waals surface area contributed by atoms with Crippen molar-refractivity contribution in [2.75, 3.05) is 12.9 Å². The van der Waals surface area contributed by atoms with E-state index in [1.54, 1.807) is 6.07 Å². The maximum atomic E-state index is 11.5. The number of hydrogen-bond donors (Lipinski definition) is 0. The Hall–Kier alpha value is -0.720. The lowest BCUT2D eigenvalue weighted by molar-refractivity contribution is 0.0674. The van der Waals surface area contributed by atoms with Crippen molar-refractivity contribution in [1.29, 1.82) is 0 Å². The molecule has 1 aromatic rings. The zero-order valence-corrected chi connectivity index (χ0v) is 11.4. The molecule has 2 fully saturated rings. The van der Waals surface area contributed by atoms with Crippen LogP contribution in [0.2, 0.25) is 5.15 Å². The van der Waals surface area contributed by atoms with E-state index in [1.807, 2.05) is 0 Å². The van der Waals surface area contributed by atoms with Crippen molar-refractivity contribution in [3.05, 3.63) is 16.9 Å². The minimum absolute atomic E-state index is 0.184. The molecule has 2 bridgehead atoms. The number of halogens is 1. The van der Waals surface area contributed by atoms with Gasteiger partial charge in [0, 0.05) is 12.2 Å². The molecule has 1 aliphatic heterocycles. The molecule has 0 amide bonds. The molecule has 2 heterocycles. The van der Waals surface area contributed by atoms with Crippen LogP contribution in [-0.2, 0) is 14.6 Å². The molecule has 98 valence electrons. The summed E-state index contributed by atoms with van der Waals surface area (Å²) in [5.74, 6) is 0.665. The number of sulfone groups is 1. The first-order chi connectivity index (χ1) is 8.43. The van der Waals surface area contributed by atoms with Gasteiger partial charge in [0.1, 0.15) is 5.15 Å². The van der Waals surface area contributed by atoms with E-state index in [4.69, 9.17) is 16.3 Å². The third-order valence-corrected chi connectivity index (χ3v) is 4.64. The second-order valence-corrected chi connectivity index (χ2v) is 7.26. The Morgan fingerprint density at radius 1 is 1.39 bits per heavy atom. The smallest absolute Gasteiger partial charge is 0.248 e. The normalized spacial score (nSPS) is 30.9. The molecule has 3 rings (SSSR count). The van der Waals surface area contributed by atoms with E-state index in [0.29, 0.717) is 5.92 Å². The summed E-state index contributed by atoms with van der Waals surface area (Å²) in [6.07, 6.45) is 3.30. The molecule has 0 radical (unpaired) electrons. The highest BCUT2D eigenvalue weighted by molar-refractivity contribution is 7.90. The van der Waals surface area contributed by atoms with Gasteiger partial charge in [0.05, 0.1) is 18.4 Å². The van der Waals surface area contributed by atoms with E-state index < -0.39 is 9.84 Å². The largest absolute Gasteiger partial charge is 0.378 e. The van der Waals surface area contributed by atoms with Crippen molar-refractivity contribution in [3.63, 3.8) is 0 Å². The first-order valence-corrected chi connectivity index (χ1v) is 8.06. The fourth-order valence-corrected chi connectivity index (χ4v) is 3.56. The second kappa shape index (κ2) is 4.15. The summed E-state index contributed by atoms with van der Waals surface area (Å²) in [6, 6.07) is 1.67. The van der Waals surface area contributed by atoms with Crippen LogP contribution in [0.25, 0.3) is 0 Å². The van der Waals surface area contributed by atoms with Crippen LogP contribution in [0.4, 0.5) is 0 Å². The average molecular weight is 289 g/mol. The summed E-state index contributed by atoms with van der Waals surface area (Å²) < 4.78 is 28.5. The molecule has 0 spiro atoms. The van der Waals surface area contributed by atoms with Crippen LogP contribution < -0.4 is 0 Å². The van der Waals surface area contributed by atoms with Crippen LogP contribution >= 0.6 is 11.6 Å². The monoisotopic (exact) mass is 288 g/mol. The van der Waals surface area contributed by atoms with Gasteiger partial charge in [-0.05, 0) is 24.8 Å². The zero-order valence-electron chi connectivity index (χ0n) is 9.84. The third kappa shape index (κ3) is 2.13. The third-order valence-electron chi connectivity index (χ3n) is 3.60. The first kappa shape index (κ1) is 12.3. The van der Waals surface area contributed by atoms with Crippen molar-refractivity contribution < 1.29 is 13.2 Å². The molecule has 7 heteroatoms. The van der Waals surface area contributed by atoms with Crippen LogP contribution in [-0.4, -0.2) is 37.4 Å². The summed E-state index contributed by atoms with van der Waals surface area (Å²) >= 11 is 5.89. The van der Waals surface area contributed by atoms with Crippen LogP contribution in [0.5, 0.6) is 0 Å². The van der Waals surface area contributed by atoms with Crippen molar-refractivity contribution in [1.82, 2.24) is 9.97 Å². The Labute approximate surface area is 110 Å². The Bertz CT molecular complexity index is 590. The molecule has 18 heavy (non-hydrogen) atoms. The molecule has 1 aliphatic carbocycles. The topological polar surface area (TPSA) is 69.2 Å². The Morgan fingerprint density at radius 3 is 2.72 bits per heavy atom. The van der Waals surface area contributed by atoms with Gasteiger partial charge in [-0.3, -0.25) is 0 Å². The molecule has 2 aliphatic rings. The van der Waals surface area contributed by atoms with Crippen LogP contribution in [0.3, 0.4) is 0 Å². The lowest BCUT2D eigenvalue weighted by Gasteiger charge is -2.21. The van der Waals surface area contributed by atoms with Crippen LogP contribution in [0.1, 0.15) is 24.5 Å². The molecule has 1 saturated carbocycles. The maximum Gasteiger partial charge on any atom is 0.248 e. The number of hydrogen-bond acceptors (Lipinski definition) is 5. The van der Waals surface area contributed by atoms with Gasteiger partial charge in [-0.25, -0.2) is 18.4 Å². The summed E-state index contributed by atoms with van der Waals surface area (Å²) in [6.45, 7) is 0.727. The van der Waals surface area contributed by atoms with E-state index in [-0.39, 0.29) is 22.3 Å². The van der Waals surface area contributed by atoms with Crippen LogP contribution in [0.15, 0.2) is 11.2 Å². The van der Waals surface area contributed by atoms with Gasteiger partial charge in [-0.1, -0.05) is 11.6 Å². The number of nitrogens with zero attached hydrogens (tertiary/aromatic N) is 2. The molecular weight excluding hydrogens is 276 g/mol. The highest BCUT2D eigenvalue weighted by Gasteiger charge is 2.42. The summed E-state index contributed by atoms with van der Waals surface area (Å²) in [5.41, 5.74) is 0.728. The maximum absolute atomic E-state index is 11.5. The summed E-state index contributed by atoms with van der Waals surface area (Å²) in [4.78, 5) is 7.94. The van der Waals surface area contributed by atoms with Crippen LogP contribution in [0, 0.1) is 5.92 Å². The summed E-state index contributed by atoms with van der Waals surface area (Å²) in [5, 5.41) is -0.00203. The van der Waals surface area contributed by atoms with Crippen molar-refractivity contribution in [2.45, 2.75) is 30.0 Å². The predicted octanol–water partition coefficient (Wildman–Crippen LogP) is 1.43. The molecular formula is C11H13ClN2O3S. The fourth-order valence-electron chi connectivity index (χ4n) is 2.79. The fraction of sp³-hybridized carbons (Fsp3) is 0.636. The summed E-state index contributed by atoms with van der Waals surface area (Å²) in [7, 11) is -3.43. The Morgan fingerprint density at radius 2 is 2.17 bits per heavy atom. The van der Waals surface area contributed by atoms with Gasteiger partial charge in [0.25, 0.3) is 0 Å². The number of ether oxygens (including phenoxy) is 1. The molecule has 1 aromatic heterocycles. The van der Waals surface area contributed by atoms with Gasteiger partial charge >= 0.3 is 0 Å². The molecule has 0 aromatic carbocycles. The van der Waals surface area contributed by atoms with Gasteiger partial charge < -0.3 is 4.74 Å². The zero-order chi connectivity index (χ0) is 12.9. The number of fused-ring (bicyclic) bond motifs is 2. The number of aromatic nitrogens is 2. The van der Waals surface area contributed by atoms with Crippen molar-refractivity contribution in [3.8, 4) is 0 Å². The minimum atomic E-state index is -3.43. The number of rotatable bonds is 2. The molecule has 3 atom stereocenters. The first-order valence-electron chi connectivity index (χ1n) is 5.79. The molecule has 5 nitrogen and oxygen atoms in total. The minimum Gasteiger partial charge on any atom is -0.378 e. The molecule has 1 saturated heterocycles. The van der Waals surface area contributed by atoms with Gasteiger partial charge in [-0.2, -0.15) is 0 Å². The van der Waals surface area contributed by atoms with Gasteiger partial charge in [0.15, 0.2) is 0 Å². The highest BCUT2D eigenvalue weighted by atomic mass is 35.5. The molecule has 1 unspecified atom stereocenters. The second-order valence-electron chi connectivity index (χ2n) is 4.96. The van der Waals surface area contributed by atoms with Gasteiger partial charge in [-0.15, -0.1) is 0 Å². The lowest BCUT2D eigenvalue weighted by Crippen LogP contribution is -2.18. The highest BCUT2D eigenvalue weighted by Crippen LogP contribution is 2.45. The van der Waals surface area contributed by atoms with Crippen molar-refractivity contribution in [2.24, 2.45) is 5.92 Å². The Balaban J connectivity index is 2.00. The van der Waals surface area contributed by atoms with E-state index in [0.717, 1.165) is 31.4 Å². The standard InChI is InChI=1S/C11H13ClN2O3S/c1-18(15,16)11-13-9(4-10(12)14-11)8-3-7-2-6(8)5-17-7/h4,6-8H,2-3,5H2,1H3/t6-,7-,8?/m0/s1. The van der Waals surface area contributed by atoms with E-state index in [9.17, 15) is 8.42 Å². The SMILES string of the molecule is CS(=O)(=O)c1nc(Cl)cc(C2C[C@@H]3C[C@H]2CO3)n1. The van der Waals surface area contributed by atoms with Gasteiger partial charge in [0.2, 0.25) is 15.0 Å². The predicted molar refractivity (Wildman–Crippen MR) is 65.4 cm³/mol. The Kier molecular flexibility index (Phi) is 2.84. The van der Waals surface area contributed by atoms with E-state index in [1.165, 1.54) is 0 Å². The quantitative estimate of drug-likeness (QED) is 0.608. The van der Waals surface area contributed by atoms with E-state index in [2.05, 4.69) is 9.97 Å². The van der Waals surface area contributed by atoms with E-state index >= 15 is 0 Å². The lowest BCUT2D eigenvalue weighted by atomic mass is 9.93. The van der Waals surface area contributed by atoms with Crippen molar-refractivity contribution >= 4 is 21.4 Å². The molecule has 0 N–H and O–H groups in total.